The zero-order valence-electron chi connectivity index (χ0n) is 14.0. The van der Waals surface area contributed by atoms with Gasteiger partial charge in [-0.25, -0.2) is 0 Å². The molecule has 0 radical (unpaired) electrons. The van der Waals surface area contributed by atoms with E-state index in [4.69, 9.17) is 9.47 Å². The number of pyridine rings is 1. The van der Waals surface area contributed by atoms with E-state index < -0.39 is 5.60 Å². The Balaban J connectivity index is 1.53. The van der Waals surface area contributed by atoms with Crippen LogP contribution in [0.3, 0.4) is 0 Å². The molecule has 4 heterocycles. The fourth-order valence-corrected chi connectivity index (χ4v) is 4.13. The van der Waals surface area contributed by atoms with Crippen molar-refractivity contribution < 1.29 is 14.3 Å². The molecule has 7 heteroatoms. The predicted octanol–water partition coefficient (Wildman–Crippen LogP) is 1.78. The highest BCUT2D eigenvalue weighted by Crippen LogP contribution is 2.27. The fraction of sp³-hybridized carbons (Fsp3) is 0.444. The number of thiophene rings is 1. The second kappa shape index (κ2) is 7.21. The smallest absolute Gasteiger partial charge is 0.253 e. The number of anilines is 1. The van der Waals surface area contributed by atoms with Crippen LogP contribution in [0.4, 0.5) is 5.69 Å². The van der Waals surface area contributed by atoms with Crippen molar-refractivity contribution >= 4 is 22.9 Å². The number of amides is 1. The van der Waals surface area contributed by atoms with E-state index in [1.807, 2.05) is 12.1 Å². The zero-order valence-corrected chi connectivity index (χ0v) is 14.8. The SMILES string of the molecule is O=C1CO[C@]2(COCCN(Cc3cccs3)C2)CN1c1cccnc1. The zero-order chi connectivity index (χ0) is 17.1. The molecule has 4 rings (SSSR count). The van der Waals surface area contributed by atoms with Gasteiger partial charge < -0.3 is 14.4 Å². The number of carbonyl (C=O) groups is 1. The standard InChI is InChI=1S/C18H21N3O3S/c22-17-11-24-18(13-21(17)15-3-1-5-19-9-15)12-20(6-7-23-14-18)10-16-4-2-8-25-16/h1-5,8-9H,6-7,10-14H2/t18-/m0/s1. The molecule has 0 bridgehead atoms. The van der Waals surface area contributed by atoms with Crippen LogP contribution in [0.2, 0.25) is 0 Å². The second-order valence-electron chi connectivity index (χ2n) is 6.51. The van der Waals surface area contributed by atoms with E-state index in [0.717, 1.165) is 25.3 Å². The molecule has 2 fully saturated rings. The highest BCUT2D eigenvalue weighted by molar-refractivity contribution is 7.09. The average molecular weight is 359 g/mol. The first kappa shape index (κ1) is 16.7. The van der Waals surface area contributed by atoms with Gasteiger partial charge in [0, 0.05) is 30.7 Å². The van der Waals surface area contributed by atoms with E-state index in [1.165, 1.54) is 4.88 Å². The Morgan fingerprint density at radius 3 is 3.04 bits per heavy atom. The predicted molar refractivity (Wildman–Crippen MR) is 95.7 cm³/mol. The van der Waals surface area contributed by atoms with E-state index >= 15 is 0 Å². The highest BCUT2D eigenvalue weighted by Gasteiger charge is 2.43. The summed E-state index contributed by atoms with van der Waals surface area (Å²) in [5, 5.41) is 2.10. The summed E-state index contributed by atoms with van der Waals surface area (Å²) in [6, 6.07) is 7.97. The number of hydrogen-bond donors (Lipinski definition) is 0. The Bertz CT molecular complexity index is 710. The molecule has 0 N–H and O–H groups in total. The van der Waals surface area contributed by atoms with Gasteiger partial charge in [-0.3, -0.25) is 14.7 Å². The number of aromatic nitrogens is 1. The molecular formula is C18H21N3O3S. The lowest BCUT2D eigenvalue weighted by molar-refractivity contribution is -0.146. The van der Waals surface area contributed by atoms with E-state index in [-0.39, 0.29) is 12.5 Å². The summed E-state index contributed by atoms with van der Waals surface area (Å²) in [4.78, 5) is 22.0. The minimum Gasteiger partial charge on any atom is -0.377 e. The van der Waals surface area contributed by atoms with Gasteiger partial charge in [-0.1, -0.05) is 6.07 Å². The number of nitrogens with zero attached hydrogens (tertiary/aromatic N) is 3. The van der Waals surface area contributed by atoms with E-state index in [1.54, 1.807) is 28.6 Å². The van der Waals surface area contributed by atoms with Crippen molar-refractivity contribution in [3.63, 3.8) is 0 Å². The maximum atomic E-state index is 12.4. The van der Waals surface area contributed by atoms with Crippen molar-refractivity contribution in [1.82, 2.24) is 9.88 Å². The van der Waals surface area contributed by atoms with Gasteiger partial charge in [0.1, 0.15) is 12.2 Å². The van der Waals surface area contributed by atoms with Crippen LogP contribution in [0.1, 0.15) is 4.88 Å². The normalized spacial score (nSPS) is 25.3. The molecule has 2 aliphatic heterocycles. The van der Waals surface area contributed by atoms with Crippen LogP contribution < -0.4 is 4.90 Å². The Kier molecular flexibility index (Phi) is 4.80. The maximum absolute atomic E-state index is 12.4. The van der Waals surface area contributed by atoms with E-state index in [0.29, 0.717) is 19.8 Å². The van der Waals surface area contributed by atoms with Gasteiger partial charge in [0.05, 0.1) is 31.6 Å². The number of hydrogen-bond acceptors (Lipinski definition) is 6. The molecule has 1 atom stereocenters. The molecule has 2 aromatic rings. The maximum Gasteiger partial charge on any atom is 0.253 e. The molecule has 1 amide bonds. The van der Waals surface area contributed by atoms with Crippen molar-refractivity contribution in [1.29, 1.82) is 0 Å². The van der Waals surface area contributed by atoms with Gasteiger partial charge in [-0.05, 0) is 23.6 Å². The molecular weight excluding hydrogens is 338 g/mol. The molecule has 2 aliphatic rings. The molecule has 2 aromatic heterocycles. The minimum atomic E-state index is -0.502. The third-order valence-corrected chi connectivity index (χ3v) is 5.46. The Morgan fingerprint density at radius 1 is 1.28 bits per heavy atom. The lowest BCUT2D eigenvalue weighted by Crippen LogP contribution is -2.60. The lowest BCUT2D eigenvalue weighted by atomic mass is 10.0. The largest absolute Gasteiger partial charge is 0.377 e. The van der Waals surface area contributed by atoms with Crippen LogP contribution in [0.15, 0.2) is 42.0 Å². The van der Waals surface area contributed by atoms with Crippen LogP contribution in [-0.2, 0) is 20.8 Å². The Morgan fingerprint density at radius 2 is 2.24 bits per heavy atom. The minimum absolute atomic E-state index is 0.0346. The van der Waals surface area contributed by atoms with Gasteiger partial charge in [-0.2, -0.15) is 0 Å². The summed E-state index contributed by atoms with van der Waals surface area (Å²) >= 11 is 1.76. The monoisotopic (exact) mass is 359 g/mol. The molecule has 6 nitrogen and oxygen atoms in total. The third-order valence-electron chi connectivity index (χ3n) is 4.60. The van der Waals surface area contributed by atoms with Crippen LogP contribution in [0.25, 0.3) is 0 Å². The number of ether oxygens (including phenoxy) is 2. The first-order chi connectivity index (χ1) is 12.2. The molecule has 25 heavy (non-hydrogen) atoms. The summed E-state index contributed by atoms with van der Waals surface area (Å²) in [5.74, 6) is -0.0346. The first-order valence-corrected chi connectivity index (χ1v) is 9.29. The number of rotatable bonds is 3. The van der Waals surface area contributed by atoms with Crippen molar-refractivity contribution in [3.05, 3.63) is 46.9 Å². The van der Waals surface area contributed by atoms with Gasteiger partial charge in [0.15, 0.2) is 0 Å². The quantitative estimate of drug-likeness (QED) is 0.836. The van der Waals surface area contributed by atoms with Crippen molar-refractivity contribution in [3.8, 4) is 0 Å². The summed E-state index contributed by atoms with van der Waals surface area (Å²) < 4.78 is 11.9. The molecule has 0 aromatic carbocycles. The van der Waals surface area contributed by atoms with Crippen LogP contribution in [0.5, 0.6) is 0 Å². The fourth-order valence-electron chi connectivity index (χ4n) is 3.39. The summed E-state index contributed by atoms with van der Waals surface area (Å²) in [6.07, 6.45) is 3.43. The molecule has 2 saturated heterocycles. The molecule has 132 valence electrons. The van der Waals surface area contributed by atoms with Gasteiger partial charge in [0.25, 0.3) is 5.91 Å². The van der Waals surface area contributed by atoms with Gasteiger partial charge >= 0.3 is 0 Å². The molecule has 0 aliphatic carbocycles. The van der Waals surface area contributed by atoms with Gasteiger partial charge in [0.2, 0.25) is 0 Å². The van der Waals surface area contributed by atoms with Crippen LogP contribution in [-0.4, -0.2) is 60.8 Å². The third kappa shape index (κ3) is 3.74. The lowest BCUT2D eigenvalue weighted by Gasteiger charge is -2.42. The Labute approximate surface area is 151 Å². The van der Waals surface area contributed by atoms with Crippen molar-refractivity contribution in [2.75, 3.05) is 44.4 Å². The first-order valence-electron chi connectivity index (χ1n) is 8.41. The average Bonchev–Trinajstić information content (AvgIpc) is 3.07. The Hall–Kier alpha value is -1.80. The number of carbonyl (C=O) groups excluding carboxylic acids is 1. The summed E-state index contributed by atoms with van der Waals surface area (Å²) in [7, 11) is 0. The van der Waals surface area contributed by atoms with Crippen molar-refractivity contribution in [2.45, 2.75) is 12.1 Å². The topological polar surface area (TPSA) is 54.9 Å². The van der Waals surface area contributed by atoms with E-state index in [9.17, 15) is 4.79 Å². The molecule has 0 unspecified atom stereocenters. The van der Waals surface area contributed by atoms with Crippen LogP contribution >= 0.6 is 11.3 Å². The number of morpholine rings is 1. The van der Waals surface area contributed by atoms with Gasteiger partial charge in [-0.15, -0.1) is 11.3 Å². The van der Waals surface area contributed by atoms with Crippen LogP contribution in [0, 0.1) is 0 Å². The summed E-state index contributed by atoms with van der Waals surface area (Å²) in [6.45, 7) is 4.23. The molecule has 1 spiro atoms. The van der Waals surface area contributed by atoms with Crippen molar-refractivity contribution in [2.24, 2.45) is 0 Å². The van der Waals surface area contributed by atoms with E-state index in [2.05, 4.69) is 27.4 Å². The summed E-state index contributed by atoms with van der Waals surface area (Å²) in [5.41, 5.74) is 0.307. The second-order valence-corrected chi connectivity index (χ2v) is 7.54. The molecule has 0 saturated carbocycles. The highest BCUT2D eigenvalue weighted by atomic mass is 32.1.